The molecule has 0 bridgehead atoms. The maximum Gasteiger partial charge on any atom is 0.419 e. The van der Waals surface area contributed by atoms with Crippen LogP contribution in [-0.4, -0.2) is 58.7 Å². The number of hydrogen-bond acceptors (Lipinski definition) is 9. The Labute approximate surface area is 189 Å². The van der Waals surface area contributed by atoms with Crippen molar-refractivity contribution in [3.8, 4) is 0 Å². The molecule has 4 aromatic rings. The molecule has 0 saturated carbocycles. The fraction of sp³-hybridized carbons (Fsp3) is 0.238. The number of piperazine rings is 1. The van der Waals surface area contributed by atoms with E-state index >= 15 is 0 Å². The molecule has 1 N–H and O–H groups in total. The van der Waals surface area contributed by atoms with Gasteiger partial charge in [-0.25, -0.2) is 18.2 Å². The number of sulfonamides is 1. The Bertz CT molecular complexity index is 1440. The van der Waals surface area contributed by atoms with Gasteiger partial charge in [-0.2, -0.15) is 4.31 Å². The van der Waals surface area contributed by atoms with E-state index < -0.39 is 15.8 Å². The first-order valence-corrected chi connectivity index (χ1v) is 11.7. The second-order valence-corrected chi connectivity index (χ2v) is 9.50. The topological polar surface area (TPSA) is 126 Å². The standard InChI is InChI=1S/C21H21N7O4S/c1-26-16-14-15(5-6-17(16)32-21(26)29)33(30,31)28-12-10-27(11-13-28)20-8-7-19(24-25-20)23-18-4-2-3-9-22-18/h2-9,14H,10-13H2,1H3,(H,22,23,24). The number of pyridine rings is 1. The van der Waals surface area contributed by atoms with Crippen molar-refractivity contribution in [2.24, 2.45) is 7.05 Å². The molecule has 1 aromatic carbocycles. The molecule has 1 aliphatic heterocycles. The summed E-state index contributed by atoms with van der Waals surface area (Å²) in [5.74, 6) is 1.39. The zero-order chi connectivity index (χ0) is 23.0. The average molecular weight is 468 g/mol. The number of aromatic nitrogens is 4. The third kappa shape index (κ3) is 4.05. The molecule has 33 heavy (non-hydrogen) atoms. The summed E-state index contributed by atoms with van der Waals surface area (Å²) >= 11 is 0. The molecule has 5 rings (SSSR count). The third-order valence-corrected chi connectivity index (χ3v) is 7.43. The minimum absolute atomic E-state index is 0.129. The van der Waals surface area contributed by atoms with E-state index in [1.54, 1.807) is 13.2 Å². The van der Waals surface area contributed by atoms with E-state index in [1.165, 1.54) is 27.1 Å². The molecule has 1 fully saturated rings. The quantitative estimate of drug-likeness (QED) is 0.465. The highest BCUT2D eigenvalue weighted by atomic mass is 32.2. The van der Waals surface area contributed by atoms with E-state index in [9.17, 15) is 13.2 Å². The van der Waals surface area contributed by atoms with Gasteiger partial charge in [-0.3, -0.25) is 4.57 Å². The van der Waals surface area contributed by atoms with Gasteiger partial charge in [-0.05, 0) is 42.5 Å². The van der Waals surface area contributed by atoms with Crippen LogP contribution in [-0.2, 0) is 17.1 Å². The first-order chi connectivity index (χ1) is 15.9. The van der Waals surface area contributed by atoms with Crippen molar-refractivity contribution >= 4 is 38.6 Å². The summed E-state index contributed by atoms with van der Waals surface area (Å²) in [5, 5.41) is 11.5. The van der Waals surface area contributed by atoms with Gasteiger partial charge in [0.05, 0.1) is 10.4 Å². The largest absolute Gasteiger partial charge is 0.419 e. The van der Waals surface area contributed by atoms with Crippen LogP contribution in [0.4, 0.5) is 17.5 Å². The van der Waals surface area contributed by atoms with Crippen molar-refractivity contribution in [3.05, 3.63) is 65.3 Å². The number of oxazole rings is 1. The van der Waals surface area contributed by atoms with Gasteiger partial charge in [0, 0.05) is 39.4 Å². The first kappa shape index (κ1) is 21.1. The van der Waals surface area contributed by atoms with Crippen molar-refractivity contribution in [2.75, 3.05) is 36.4 Å². The Morgan fingerprint density at radius 2 is 1.79 bits per heavy atom. The summed E-state index contributed by atoms with van der Waals surface area (Å²) in [5.41, 5.74) is 0.792. The number of aryl methyl sites for hydroxylation is 1. The monoisotopic (exact) mass is 467 g/mol. The summed E-state index contributed by atoms with van der Waals surface area (Å²) in [6, 6.07) is 13.6. The van der Waals surface area contributed by atoms with Gasteiger partial charge < -0.3 is 14.6 Å². The Balaban J connectivity index is 1.26. The van der Waals surface area contributed by atoms with E-state index in [2.05, 4.69) is 20.5 Å². The fourth-order valence-corrected chi connectivity index (χ4v) is 5.14. The molecule has 1 saturated heterocycles. The summed E-state index contributed by atoms with van der Waals surface area (Å²) in [6.45, 7) is 1.57. The maximum atomic E-state index is 13.2. The van der Waals surface area contributed by atoms with E-state index in [0.29, 0.717) is 54.7 Å². The van der Waals surface area contributed by atoms with Crippen molar-refractivity contribution in [1.82, 2.24) is 24.1 Å². The molecule has 0 aliphatic carbocycles. The van der Waals surface area contributed by atoms with Crippen LogP contribution in [0.25, 0.3) is 11.1 Å². The molecule has 0 radical (unpaired) electrons. The molecule has 3 aromatic heterocycles. The minimum atomic E-state index is -3.71. The Kier molecular flexibility index (Phi) is 5.30. The molecule has 0 spiro atoms. The minimum Gasteiger partial charge on any atom is -0.408 e. The van der Waals surface area contributed by atoms with Crippen molar-refractivity contribution in [2.45, 2.75) is 4.90 Å². The van der Waals surface area contributed by atoms with E-state index in [1.807, 2.05) is 35.2 Å². The molecule has 11 nitrogen and oxygen atoms in total. The van der Waals surface area contributed by atoms with Crippen LogP contribution in [0, 0.1) is 0 Å². The number of anilines is 3. The second-order valence-electron chi connectivity index (χ2n) is 7.56. The highest BCUT2D eigenvalue weighted by Crippen LogP contribution is 2.23. The Morgan fingerprint density at radius 3 is 2.48 bits per heavy atom. The van der Waals surface area contributed by atoms with Crippen LogP contribution in [0.15, 0.2) is 68.8 Å². The van der Waals surface area contributed by atoms with Crippen LogP contribution >= 0.6 is 0 Å². The highest BCUT2D eigenvalue weighted by Gasteiger charge is 2.29. The van der Waals surface area contributed by atoms with Gasteiger partial charge >= 0.3 is 5.76 Å². The third-order valence-electron chi connectivity index (χ3n) is 5.53. The lowest BCUT2D eigenvalue weighted by Crippen LogP contribution is -2.49. The molecule has 1 aliphatic rings. The van der Waals surface area contributed by atoms with Crippen molar-refractivity contribution in [3.63, 3.8) is 0 Å². The van der Waals surface area contributed by atoms with Gasteiger partial charge in [-0.1, -0.05) is 6.07 Å². The van der Waals surface area contributed by atoms with Crippen LogP contribution in [0.2, 0.25) is 0 Å². The molecule has 12 heteroatoms. The van der Waals surface area contributed by atoms with Crippen LogP contribution in [0.5, 0.6) is 0 Å². The summed E-state index contributed by atoms with van der Waals surface area (Å²) in [4.78, 5) is 18.0. The summed E-state index contributed by atoms with van der Waals surface area (Å²) in [7, 11) is -2.17. The van der Waals surface area contributed by atoms with Crippen molar-refractivity contribution < 1.29 is 12.8 Å². The smallest absolute Gasteiger partial charge is 0.408 e. The van der Waals surface area contributed by atoms with Gasteiger partial charge in [0.1, 0.15) is 5.82 Å². The lowest BCUT2D eigenvalue weighted by molar-refractivity contribution is 0.383. The van der Waals surface area contributed by atoms with E-state index in [4.69, 9.17) is 4.42 Å². The predicted molar refractivity (Wildman–Crippen MR) is 122 cm³/mol. The number of nitrogens with zero attached hydrogens (tertiary/aromatic N) is 6. The summed E-state index contributed by atoms with van der Waals surface area (Å²) < 4.78 is 34.1. The zero-order valence-corrected chi connectivity index (χ0v) is 18.6. The number of nitrogens with one attached hydrogen (secondary N) is 1. The fourth-order valence-electron chi connectivity index (χ4n) is 3.70. The highest BCUT2D eigenvalue weighted by molar-refractivity contribution is 7.89. The SMILES string of the molecule is Cn1c(=O)oc2ccc(S(=O)(=O)N3CCN(c4ccc(Nc5ccccn5)nn4)CC3)cc21. The molecule has 0 amide bonds. The van der Waals surface area contributed by atoms with Crippen LogP contribution < -0.4 is 16.0 Å². The number of benzene rings is 1. The van der Waals surface area contributed by atoms with Crippen LogP contribution in [0.1, 0.15) is 0 Å². The summed E-state index contributed by atoms with van der Waals surface area (Å²) in [6.07, 6.45) is 1.69. The van der Waals surface area contributed by atoms with Gasteiger partial charge in [0.25, 0.3) is 0 Å². The number of fused-ring (bicyclic) bond motifs is 1. The van der Waals surface area contributed by atoms with E-state index in [0.717, 1.165) is 0 Å². The molecule has 0 unspecified atom stereocenters. The van der Waals surface area contributed by atoms with Gasteiger partial charge in [0.15, 0.2) is 17.2 Å². The normalized spacial score (nSPS) is 15.1. The van der Waals surface area contributed by atoms with Gasteiger partial charge in [0.2, 0.25) is 10.0 Å². The Morgan fingerprint density at radius 1 is 0.970 bits per heavy atom. The molecule has 0 atom stereocenters. The molecular weight excluding hydrogens is 446 g/mol. The van der Waals surface area contributed by atoms with Crippen molar-refractivity contribution in [1.29, 1.82) is 0 Å². The zero-order valence-electron chi connectivity index (χ0n) is 17.7. The lowest BCUT2D eigenvalue weighted by atomic mass is 10.3. The molecule has 170 valence electrons. The first-order valence-electron chi connectivity index (χ1n) is 10.3. The Hall–Kier alpha value is -3.77. The second kappa shape index (κ2) is 8.30. The van der Waals surface area contributed by atoms with E-state index in [-0.39, 0.29) is 4.90 Å². The van der Waals surface area contributed by atoms with Gasteiger partial charge in [-0.15, -0.1) is 10.2 Å². The maximum absolute atomic E-state index is 13.2. The predicted octanol–water partition coefficient (Wildman–Crippen LogP) is 1.57. The molecular formula is C21H21N7O4S. The lowest BCUT2D eigenvalue weighted by Gasteiger charge is -2.34. The molecule has 4 heterocycles. The number of rotatable bonds is 5. The number of hydrogen-bond donors (Lipinski definition) is 1. The average Bonchev–Trinajstić information content (AvgIpc) is 3.13. The van der Waals surface area contributed by atoms with Crippen LogP contribution in [0.3, 0.4) is 0 Å².